The molecule has 2 heterocycles. The molecule has 1 N–H and O–H groups in total. The van der Waals surface area contributed by atoms with Crippen molar-refractivity contribution in [2.24, 2.45) is 0 Å². The Hall–Kier alpha value is -1.72. The van der Waals surface area contributed by atoms with Crippen LogP contribution in [0.4, 0.5) is 0 Å². The summed E-state index contributed by atoms with van der Waals surface area (Å²) in [5.74, 6) is 0. The normalized spacial score (nSPS) is 22.9. The summed E-state index contributed by atoms with van der Waals surface area (Å²) in [4.78, 5) is 1.67. The van der Waals surface area contributed by atoms with Crippen molar-refractivity contribution in [2.75, 3.05) is 6.61 Å². The van der Waals surface area contributed by atoms with Crippen LogP contribution in [0.3, 0.4) is 0 Å². The molecule has 20 heavy (non-hydrogen) atoms. The summed E-state index contributed by atoms with van der Waals surface area (Å²) in [6.45, 7) is 3.72. The molecule has 2 aromatic rings. The largest absolute Gasteiger partial charge is 0.378 e. The third kappa shape index (κ3) is 3.23. The zero-order chi connectivity index (χ0) is 13.8. The second-order valence-electron chi connectivity index (χ2n) is 5.24. The summed E-state index contributed by atoms with van der Waals surface area (Å²) in [5, 5.41) is 12.3. The predicted molar refractivity (Wildman–Crippen MR) is 76.6 cm³/mol. The highest BCUT2D eigenvalue weighted by molar-refractivity contribution is 5.28. The van der Waals surface area contributed by atoms with Gasteiger partial charge in [-0.2, -0.15) is 15.0 Å². The van der Waals surface area contributed by atoms with Crippen molar-refractivity contribution >= 4 is 0 Å². The summed E-state index contributed by atoms with van der Waals surface area (Å²) in [7, 11) is 0. The molecule has 5 heteroatoms. The first-order valence-corrected chi connectivity index (χ1v) is 7.13. The van der Waals surface area contributed by atoms with E-state index in [0.29, 0.717) is 12.1 Å². The Morgan fingerprint density at radius 1 is 1.35 bits per heavy atom. The second kappa shape index (κ2) is 6.15. The minimum Gasteiger partial charge on any atom is -0.378 e. The van der Waals surface area contributed by atoms with Crippen LogP contribution in [0.2, 0.25) is 0 Å². The molecule has 1 saturated heterocycles. The molecule has 2 unspecified atom stereocenters. The van der Waals surface area contributed by atoms with E-state index in [1.807, 2.05) is 36.5 Å². The summed E-state index contributed by atoms with van der Waals surface area (Å²) < 4.78 is 5.55. The van der Waals surface area contributed by atoms with Gasteiger partial charge in [0.2, 0.25) is 0 Å². The van der Waals surface area contributed by atoms with Crippen LogP contribution in [-0.2, 0) is 11.3 Å². The number of ether oxygens (including phenoxy) is 1. The van der Waals surface area contributed by atoms with E-state index in [-0.39, 0.29) is 0 Å². The van der Waals surface area contributed by atoms with E-state index in [0.717, 1.165) is 37.4 Å². The van der Waals surface area contributed by atoms with E-state index in [1.165, 1.54) is 0 Å². The maximum Gasteiger partial charge on any atom is 0.0969 e. The zero-order valence-electron chi connectivity index (χ0n) is 11.7. The van der Waals surface area contributed by atoms with Gasteiger partial charge in [0.1, 0.15) is 0 Å². The molecule has 3 rings (SSSR count). The van der Waals surface area contributed by atoms with Crippen LogP contribution in [0.1, 0.15) is 25.5 Å². The average molecular weight is 272 g/mol. The van der Waals surface area contributed by atoms with Crippen LogP contribution >= 0.6 is 0 Å². The van der Waals surface area contributed by atoms with Crippen molar-refractivity contribution in [3.63, 3.8) is 0 Å². The van der Waals surface area contributed by atoms with Crippen LogP contribution in [0, 0.1) is 0 Å². The first kappa shape index (κ1) is 13.3. The van der Waals surface area contributed by atoms with Gasteiger partial charge in [0.05, 0.1) is 23.7 Å². The fourth-order valence-corrected chi connectivity index (χ4v) is 2.49. The van der Waals surface area contributed by atoms with Crippen LogP contribution < -0.4 is 5.32 Å². The standard InChI is InChI=1S/C15H20N4O/c1-12-9-13(7-8-20-12)16-10-14-11-17-19(18-14)15-5-3-2-4-6-15/h2-6,11-13,16H,7-10H2,1H3. The number of nitrogens with one attached hydrogen (secondary N) is 1. The maximum absolute atomic E-state index is 5.55. The molecule has 0 radical (unpaired) electrons. The third-order valence-electron chi connectivity index (χ3n) is 3.58. The van der Waals surface area contributed by atoms with Gasteiger partial charge in [0.25, 0.3) is 0 Å². The minimum atomic E-state index is 0.348. The van der Waals surface area contributed by atoms with E-state index in [4.69, 9.17) is 4.74 Å². The maximum atomic E-state index is 5.55. The number of aromatic nitrogens is 3. The third-order valence-corrected chi connectivity index (χ3v) is 3.58. The molecule has 1 fully saturated rings. The van der Waals surface area contributed by atoms with E-state index >= 15 is 0 Å². The summed E-state index contributed by atoms with van der Waals surface area (Å²) >= 11 is 0. The average Bonchev–Trinajstić information content (AvgIpc) is 2.95. The minimum absolute atomic E-state index is 0.348. The smallest absolute Gasteiger partial charge is 0.0969 e. The molecule has 1 aliphatic heterocycles. The van der Waals surface area contributed by atoms with Gasteiger partial charge in [0.15, 0.2) is 0 Å². The number of hydrogen-bond acceptors (Lipinski definition) is 4. The molecule has 1 aromatic carbocycles. The van der Waals surface area contributed by atoms with E-state index < -0.39 is 0 Å². The van der Waals surface area contributed by atoms with Gasteiger partial charge in [-0.05, 0) is 31.9 Å². The molecule has 2 atom stereocenters. The van der Waals surface area contributed by atoms with E-state index in [2.05, 4.69) is 22.4 Å². The molecule has 1 aromatic heterocycles. The first-order valence-electron chi connectivity index (χ1n) is 7.13. The summed E-state index contributed by atoms with van der Waals surface area (Å²) in [6, 6.07) is 10.5. The molecule has 0 spiro atoms. The highest BCUT2D eigenvalue weighted by Gasteiger charge is 2.18. The van der Waals surface area contributed by atoms with Crippen molar-refractivity contribution < 1.29 is 4.74 Å². The Morgan fingerprint density at radius 3 is 3.00 bits per heavy atom. The molecule has 0 amide bonds. The quantitative estimate of drug-likeness (QED) is 0.924. The number of rotatable bonds is 4. The molecular formula is C15H20N4O. The highest BCUT2D eigenvalue weighted by atomic mass is 16.5. The van der Waals surface area contributed by atoms with Crippen LogP contribution in [-0.4, -0.2) is 33.7 Å². The van der Waals surface area contributed by atoms with Gasteiger partial charge in [0, 0.05) is 19.2 Å². The number of nitrogens with zero attached hydrogens (tertiary/aromatic N) is 3. The van der Waals surface area contributed by atoms with Gasteiger partial charge < -0.3 is 10.1 Å². The molecule has 0 aliphatic carbocycles. The fourth-order valence-electron chi connectivity index (χ4n) is 2.49. The topological polar surface area (TPSA) is 52.0 Å². The summed E-state index contributed by atoms with van der Waals surface area (Å²) in [6.07, 6.45) is 4.30. The molecule has 0 saturated carbocycles. The molecule has 0 bridgehead atoms. The monoisotopic (exact) mass is 272 g/mol. The van der Waals surface area contributed by atoms with Crippen molar-refractivity contribution in [2.45, 2.75) is 38.5 Å². The Morgan fingerprint density at radius 2 is 2.20 bits per heavy atom. The van der Waals surface area contributed by atoms with Gasteiger partial charge >= 0.3 is 0 Å². The van der Waals surface area contributed by atoms with Gasteiger partial charge in [-0.3, -0.25) is 0 Å². The van der Waals surface area contributed by atoms with E-state index in [9.17, 15) is 0 Å². The Balaban J connectivity index is 1.58. The highest BCUT2D eigenvalue weighted by Crippen LogP contribution is 2.13. The van der Waals surface area contributed by atoms with Crippen molar-refractivity contribution in [1.29, 1.82) is 0 Å². The lowest BCUT2D eigenvalue weighted by atomic mass is 10.0. The SMILES string of the molecule is CC1CC(NCc2cnn(-c3ccccc3)n2)CCO1. The van der Waals surface area contributed by atoms with Gasteiger partial charge in [-0.15, -0.1) is 0 Å². The van der Waals surface area contributed by atoms with Crippen LogP contribution in [0.25, 0.3) is 5.69 Å². The lowest BCUT2D eigenvalue weighted by molar-refractivity contribution is 0.0130. The van der Waals surface area contributed by atoms with Crippen molar-refractivity contribution in [1.82, 2.24) is 20.3 Å². The molecule has 5 nitrogen and oxygen atoms in total. The molecule has 1 aliphatic rings. The second-order valence-corrected chi connectivity index (χ2v) is 5.24. The number of benzene rings is 1. The Labute approximate surface area is 118 Å². The first-order chi connectivity index (χ1) is 9.81. The van der Waals surface area contributed by atoms with Gasteiger partial charge in [-0.1, -0.05) is 18.2 Å². The zero-order valence-corrected chi connectivity index (χ0v) is 11.7. The number of para-hydroxylation sites is 1. The molecule has 106 valence electrons. The predicted octanol–water partition coefficient (Wildman–Crippen LogP) is 1.92. The van der Waals surface area contributed by atoms with Crippen LogP contribution in [0.5, 0.6) is 0 Å². The van der Waals surface area contributed by atoms with Gasteiger partial charge in [-0.25, -0.2) is 0 Å². The molecular weight excluding hydrogens is 252 g/mol. The Bertz CT molecular complexity index is 540. The van der Waals surface area contributed by atoms with Crippen molar-refractivity contribution in [3.05, 3.63) is 42.2 Å². The lowest BCUT2D eigenvalue weighted by Gasteiger charge is -2.27. The van der Waals surface area contributed by atoms with Crippen molar-refractivity contribution in [3.8, 4) is 5.69 Å². The Kier molecular flexibility index (Phi) is 4.08. The van der Waals surface area contributed by atoms with Crippen LogP contribution in [0.15, 0.2) is 36.5 Å². The fraction of sp³-hybridized carbons (Fsp3) is 0.467. The summed E-state index contributed by atoms with van der Waals surface area (Å²) in [5.41, 5.74) is 1.95. The lowest BCUT2D eigenvalue weighted by Crippen LogP contribution is -2.37. The number of hydrogen-bond donors (Lipinski definition) is 1. The van der Waals surface area contributed by atoms with E-state index in [1.54, 1.807) is 4.80 Å².